The van der Waals surface area contributed by atoms with Crippen LogP contribution < -0.4 is 0 Å². The van der Waals surface area contributed by atoms with Gasteiger partial charge in [-0.05, 0) is 27.0 Å². The molecule has 0 spiro atoms. The van der Waals surface area contributed by atoms with Crippen LogP contribution in [0.2, 0.25) is 0 Å². The zero-order valence-electron chi connectivity index (χ0n) is 7.91. The van der Waals surface area contributed by atoms with Crippen LogP contribution in [0.5, 0.6) is 0 Å². The van der Waals surface area contributed by atoms with Crippen LogP contribution in [0.25, 0.3) is 0 Å². The molecule has 62 valence electrons. The Labute approximate surface area is 69.1 Å². The highest BCUT2D eigenvalue weighted by Crippen LogP contribution is 2.21. The zero-order chi connectivity index (χ0) is 8.78. The summed E-state index contributed by atoms with van der Waals surface area (Å²) in [4.78, 5) is 0. The van der Waals surface area contributed by atoms with Crippen molar-refractivity contribution in [2.24, 2.45) is 0 Å². The summed E-state index contributed by atoms with van der Waals surface area (Å²) >= 11 is 1.71. The van der Waals surface area contributed by atoms with E-state index < -0.39 is 0 Å². The lowest BCUT2D eigenvalue weighted by molar-refractivity contribution is 0.937. The lowest BCUT2D eigenvalue weighted by Gasteiger charge is -2.19. The number of thioether (sulfide) groups is 1. The van der Waals surface area contributed by atoms with E-state index in [0.717, 1.165) is 5.71 Å². The van der Waals surface area contributed by atoms with E-state index in [2.05, 4.69) is 13.8 Å². The molecular formula is C8H19NS. The number of hydrogen-bond acceptors (Lipinski definition) is 2. The van der Waals surface area contributed by atoms with Crippen LogP contribution in [0, 0.1) is 5.41 Å². The third kappa shape index (κ3) is 4.86. The van der Waals surface area contributed by atoms with E-state index >= 15 is 0 Å². The second kappa shape index (κ2) is 5.78. The van der Waals surface area contributed by atoms with Crippen LogP contribution in [-0.4, -0.2) is 16.7 Å². The van der Waals surface area contributed by atoms with Gasteiger partial charge in [0, 0.05) is 10.5 Å². The average Bonchev–Trinajstić information content (AvgIpc) is 1.92. The monoisotopic (exact) mass is 161 g/mol. The predicted octanol–water partition coefficient (Wildman–Crippen LogP) is 3.19. The molecule has 0 heterocycles. The predicted molar refractivity (Wildman–Crippen MR) is 52.3 cm³/mol. The topological polar surface area (TPSA) is 23.9 Å². The zero-order valence-corrected chi connectivity index (χ0v) is 8.72. The first-order valence-corrected chi connectivity index (χ1v) is 4.84. The number of rotatable bonds is 2. The molecular weight excluding hydrogens is 142 g/mol. The van der Waals surface area contributed by atoms with E-state index in [1.165, 1.54) is 0 Å². The molecule has 0 rings (SSSR count). The Morgan fingerprint density at radius 2 is 1.60 bits per heavy atom. The Bertz CT molecular complexity index is 97.4. The van der Waals surface area contributed by atoms with Crippen molar-refractivity contribution in [3.8, 4) is 0 Å². The molecule has 0 saturated heterocycles. The first-order chi connectivity index (χ1) is 4.50. The van der Waals surface area contributed by atoms with E-state index in [-0.39, 0.29) is 4.75 Å². The molecule has 0 unspecified atom stereocenters. The maximum Gasteiger partial charge on any atom is 0.0472 e. The van der Waals surface area contributed by atoms with Gasteiger partial charge in [-0.15, -0.1) is 0 Å². The average molecular weight is 161 g/mol. The molecule has 1 nitrogen and oxygen atoms in total. The Hall–Kier alpha value is 0.0200. The van der Waals surface area contributed by atoms with Crippen molar-refractivity contribution in [3.05, 3.63) is 0 Å². The summed E-state index contributed by atoms with van der Waals surface area (Å²) in [5.74, 6) is 0. The van der Waals surface area contributed by atoms with E-state index in [0.29, 0.717) is 0 Å². The van der Waals surface area contributed by atoms with Gasteiger partial charge in [0.15, 0.2) is 0 Å². The molecule has 0 aromatic heterocycles. The lowest BCUT2D eigenvalue weighted by atomic mass is 10.1. The summed E-state index contributed by atoms with van der Waals surface area (Å²) in [6.07, 6.45) is 2.03. The fraction of sp³-hybridized carbons (Fsp3) is 0.875. The Morgan fingerprint density at radius 1 is 1.30 bits per heavy atom. The number of hydrogen-bond donors (Lipinski definition) is 1. The second-order valence-corrected chi connectivity index (χ2v) is 3.77. The van der Waals surface area contributed by atoms with Gasteiger partial charge >= 0.3 is 0 Å². The van der Waals surface area contributed by atoms with Gasteiger partial charge in [-0.1, -0.05) is 13.8 Å². The fourth-order valence-corrected chi connectivity index (χ4v) is 0.459. The van der Waals surface area contributed by atoms with Gasteiger partial charge in [-0.25, -0.2) is 0 Å². The molecule has 2 heteroatoms. The molecule has 0 radical (unpaired) electrons. The highest BCUT2D eigenvalue weighted by atomic mass is 32.2. The van der Waals surface area contributed by atoms with Crippen LogP contribution in [0.15, 0.2) is 0 Å². The smallest absolute Gasteiger partial charge is 0.0472 e. The quantitative estimate of drug-likeness (QED) is 0.618. The first-order valence-electron chi connectivity index (χ1n) is 3.61. The Morgan fingerprint density at radius 3 is 1.60 bits per heavy atom. The van der Waals surface area contributed by atoms with E-state index in [1.807, 2.05) is 27.0 Å². The molecule has 0 aromatic rings. The summed E-state index contributed by atoms with van der Waals surface area (Å²) in [6.45, 7) is 9.95. The van der Waals surface area contributed by atoms with Gasteiger partial charge in [0.2, 0.25) is 0 Å². The molecule has 10 heavy (non-hydrogen) atoms. The second-order valence-electron chi connectivity index (χ2n) is 2.34. The summed E-state index contributed by atoms with van der Waals surface area (Å²) in [5, 5.41) is 7.28. The van der Waals surface area contributed by atoms with Gasteiger partial charge < -0.3 is 5.41 Å². The lowest BCUT2D eigenvalue weighted by Crippen LogP contribution is -2.23. The maximum absolute atomic E-state index is 7.28. The number of nitrogens with one attached hydrogen (secondary N) is 1. The third-order valence-electron chi connectivity index (χ3n) is 1.41. The molecule has 0 aromatic carbocycles. The van der Waals surface area contributed by atoms with E-state index in [1.54, 1.807) is 11.8 Å². The molecule has 0 atom stereocenters. The minimum atomic E-state index is 0.0417. The maximum atomic E-state index is 7.28. The minimum absolute atomic E-state index is 0.0417. The third-order valence-corrected chi connectivity index (χ3v) is 2.74. The van der Waals surface area contributed by atoms with Crippen LogP contribution in [0.1, 0.15) is 34.6 Å². The summed E-state index contributed by atoms with van der Waals surface area (Å²) < 4.78 is 0.0417. The fourth-order valence-electron chi connectivity index (χ4n) is 0.153. The molecule has 1 N–H and O–H groups in total. The molecule has 0 saturated carbocycles. The standard InChI is InChI=1S/C6H13NS.C2H6/c1-5(7)6(2,3)8-4;1-2/h7H,1-4H3;1-2H3. The van der Waals surface area contributed by atoms with Crippen LogP contribution in [0.4, 0.5) is 0 Å². The van der Waals surface area contributed by atoms with Crippen molar-refractivity contribution in [1.29, 1.82) is 5.41 Å². The highest BCUT2D eigenvalue weighted by Gasteiger charge is 2.17. The van der Waals surface area contributed by atoms with Crippen molar-refractivity contribution in [3.63, 3.8) is 0 Å². The van der Waals surface area contributed by atoms with Crippen LogP contribution >= 0.6 is 11.8 Å². The van der Waals surface area contributed by atoms with Crippen LogP contribution in [0.3, 0.4) is 0 Å². The van der Waals surface area contributed by atoms with Crippen molar-refractivity contribution in [1.82, 2.24) is 0 Å². The first kappa shape index (κ1) is 12.7. The van der Waals surface area contributed by atoms with Gasteiger partial charge in [0.1, 0.15) is 0 Å². The normalized spacial score (nSPS) is 9.80. The summed E-state index contributed by atoms with van der Waals surface area (Å²) in [7, 11) is 0. The molecule has 0 aliphatic carbocycles. The summed E-state index contributed by atoms with van der Waals surface area (Å²) in [5.41, 5.74) is 0.741. The van der Waals surface area contributed by atoms with Crippen LogP contribution in [-0.2, 0) is 0 Å². The summed E-state index contributed by atoms with van der Waals surface area (Å²) in [6, 6.07) is 0. The Balaban J connectivity index is 0. The van der Waals surface area contributed by atoms with Crippen molar-refractivity contribution in [2.45, 2.75) is 39.4 Å². The molecule has 0 aliphatic rings. The molecule has 0 amide bonds. The molecule has 0 fully saturated rings. The minimum Gasteiger partial charge on any atom is -0.309 e. The van der Waals surface area contributed by atoms with Gasteiger partial charge in [-0.3, -0.25) is 0 Å². The van der Waals surface area contributed by atoms with Gasteiger partial charge in [0.05, 0.1) is 0 Å². The van der Waals surface area contributed by atoms with Gasteiger partial charge in [-0.2, -0.15) is 11.8 Å². The molecule has 0 aliphatic heterocycles. The Kier molecular flexibility index (Phi) is 7.32. The largest absolute Gasteiger partial charge is 0.309 e. The molecule has 0 bridgehead atoms. The van der Waals surface area contributed by atoms with Crippen molar-refractivity contribution >= 4 is 17.5 Å². The van der Waals surface area contributed by atoms with E-state index in [4.69, 9.17) is 5.41 Å². The van der Waals surface area contributed by atoms with Crippen molar-refractivity contribution < 1.29 is 0 Å². The highest BCUT2D eigenvalue weighted by molar-refractivity contribution is 8.00. The van der Waals surface area contributed by atoms with E-state index in [9.17, 15) is 0 Å². The van der Waals surface area contributed by atoms with Crippen molar-refractivity contribution in [2.75, 3.05) is 6.26 Å². The SMILES string of the molecule is CC.CSC(C)(C)C(C)=N. The van der Waals surface area contributed by atoms with Gasteiger partial charge in [0.25, 0.3) is 0 Å².